The predicted molar refractivity (Wildman–Crippen MR) is 61.9 cm³/mol. The molecule has 1 aromatic carbocycles. The maximum atomic E-state index is 13.4. The van der Waals surface area contributed by atoms with Gasteiger partial charge in [0, 0.05) is 6.07 Å². The van der Waals surface area contributed by atoms with Crippen molar-refractivity contribution in [1.29, 1.82) is 0 Å². The molecule has 20 heavy (non-hydrogen) atoms. The van der Waals surface area contributed by atoms with Crippen LogP contribution in [0.2, 0.25) is 0 Å². The molecule has 0 spiro atoms. The van der Waals surface area contributed by atoms with Crippen LogP contribution in [0.3, 0.4) is 0 Å². The number of carboxylic acid groups (broad SMARTS) is 1. The minimum absolute atomic E-state index is 0.332. The fourth-order valence-electron chi connectivity index (χ4n) is 1.32. The van der Waals surface area contributed by atoms with E-state index in [1.54, 1.807) is 4.72 Å². The highest BCUT2D eigenvalue weighted by Gasteiger charge is 2.28. The van der Waals surface area contributed by atoms with Crippen LogP contribution < -0.4 is 10.5 Å². The molecule has 0 fully saturated rings. The van der Waals surface area contributed by atoms with Gasteiger partial charge in [-0.3, -0.25) is 9.59 Å². The lowest BCUT2D eigenvalue weighted by Gasteiger charge is -2.13. The van der Waals surface area contributed by atoms with Crippen molar-refractivity contribution in [3.05, 3.63) is 29.8 Å². The number of sulfonamides is 1. The summed E-state index contributed by atoms with van der Waals surface area (Å²) in [5.74, 6) is -5.09. The molecule has 1 rings (SSSR count). The van der Waals surface area contributed by atoms with E-state index in [4.69, 9.17) is 10.8 Å². The average Bonchev–Trinajstić information content (AvgIpc) is 2.26. The van der Waals surface area contributed by atoms with Crippen LogP contribution in [-0.2, 0) is 19.6 Å². The maximum Gasteiger partial charge on any atom is 0.322 e. The molecule has 10 heteroatoms. The van der Waals surface area contributed by atoms with Gasteiger partial charge in [0.25, 0.3) is 0 Å². The minimum Gasteiger partial charge on any atom is -0.480 e. The number of amides is 1. The number of aliphatic carboxylic acids is 1. The molecule has 0 aromatic heterocycles. The van der Waals surface area contributed by atoms with Crippen LogP contribution >= 0.6 is 0 Å². The van der Waals surface area contributed by atoms with Gasteiger partial charge >= 0.3 is 5.97 Å². The topological polar surface area (TPSA) is 127 Å². The number of nitrogens with two attached hydrogens (primary N) is 1. The number of hydrogen-bond donors (Lipinski definition) is 3. The Morgan fingerprint density at radius 1 is 1.35 bits per heavy atom. The van der Waals surface area contributed by atoms with E-state index in [9.17, 15) is 26.8 Å². The Morgan fingerprint density at radius 3 is 2.40 bits per heavy atom. The number of halogens is 2. The number of carbonyl (C=O) groups is 2. The molecule has 0 aliphatic carbocycles. The number of hydrogen-bond acceptors (Lipinski definition) is 4. The van der Waals surface area contributed by atoms with Crippen LogP contribution in [0.15, 0.2) is 23.1 Å². The predicted octanol–water partition coefficient (Wildman–Crippen LogP) is -0.428. The summed E-state index contributed by atoms with van der Waals surface area (Å²) in [4.78, 5) is 20.5. The van der Waals surface area contributed by atoms with E-state index in [-0.39, 0.29) is 0 Å². The van der Waals surface area contributed by atoms with Crippen molar-refractivity contribution in [2.24, 2.45) is 5.73 Å². The quantitative estimate of drug-likeness (QED) is 0.657. The van der Waals surface area contributed by atoms with Crippen LogP contribution in [0, 0.1) is 11.6 Å². The van der Waals surface area contributed by atoms with Crippen molar-refractivity contribution in [2.75, 3.05) is 0 Å². The zero-order valence-electron chi connectivity index (χ0n) is 9.84. The Balaban J connectivity index is 3.09. The summed E-state index contributed by atoms with van der Waals surface area (Å²) in [6.07, 6.45) is -0.808. The first-order valence-corrected chi connectivity index (χ1v) is 6.60. The molecule has 0 saturated carbocycles. The Labute approximate surface area is 112 Å². The van der Waals surface area contributed by atoms with Crippen molar-refractivity contribution in [3.63, 3.8) is 0 Å². The largest absolute Gasteiger partial charge is 0.480 e. The molecule has 0 aliphatic heterocycles. The normalized spacial score (nSPS) is 12.9. The molecule has 7 nitrogen and oxygen atoms in total. The highest BCUT2D eigenvalue weighted by molar-refractivity contribution is 7.89. The molecule has 0 aliphatic rings. The second-order valence-corrected chi connectivity index (χ2v) is 5.44. The Morgan fingerprint density at radius 2 is 1.95 bits per heavy atom. The number of benzene rings is 1. The van der Waals surface area contributed by atoms with Crippen molar-refractivity contribution in [3.8, 4) is 0 Å². The molecular formula is C10H10F2N2O5S. The van der Waals surface area contributed by atoms with E-state index in [1.165, 1.54) is 0 Å². The molecule has 1 aromatic rings. The Kier molecular flexibility index (Phi) is 4.73. The van der Waals surface area contributed by atoms with Crippen LogP contribution in [0.4, 0.5) is 8.78 Å². The smallest absolute Gasteiger partial charge is 0.322 e. The standard InChI is InChI=1S/C10H10F2N2O5S/c11-5-1-2-8(6(12)3-5)20(18,19)14-7(10(16)17)4-9(13)15/h1-3,7,14H,4H2,(H2,13,15)(H,16,17)/t7-/m0/s1. The number of rotatable bonds is 6. The molecule has 4 N–H and O–H groups in total. The van der Waals surface area contributed by atoms with E-state index >= 15 is 0 Å². The Bertz CT molecular complexity index is 647. The molecule has 0 unspecified atom stereocenters. The molecule has 0 saturated heterocycles. The monoisotopic (exact) mass is 308 g/mol. The average molecular weight is 308 g/mol. The van der Waals surface area contributed by atoms with Gasteiger partial charge in [-0.25, -0.2) is 17.2 Å². The van der Waals surface area contributed by atoms with E-state index in [0.717, 1.165) is 0 Å². The number of carbonyl (C=O) groups excluding carboxylic acids is 1. The summed E-state index contributed by atoms with van der Waals surface area (Å²) < 4.78 is 51.2. The van der Waals surface area contributed by atoms with Gasteiger partial charge in [0.05, 0.1) is 6.42 Å². The molecule has 0 bridgehead atoms. The third-order valence-electron chi connectivity index (χ3n) is 2.18. The zero-order valence-corrected chi connectivity index (χ0v) is 10.7. The van der Waals surface area contributed by atoms with E-state index < -0.39 is 50.9 Å². The second kappa shape index (κ2) is 5.92. The lowest BCUT2D eigenvalue weighted by Crippen LogP contribution is -2.43. The summed E-state index contributed by atoms with van der Waals surface area (Å²) in [7, 11) is -4.58. The summed E-state index contributed by atoms with van der Waals surface area (Å²) in [6.45, 7) is 0. The molecule has 1 atom stereocenters. The second-order valence-electron chi connectivity index (χ2n) is 3.76. The maximum absolute atomic E-state index is 13.4. The summed E-state index contributed by atoms with van der Waals surface area (Å²) >= 11 is 0. The zero-order chi connectivity index (χ0) is 15.5. The highest BCUT2D eigenvalue weighted by atomic mass is 32.2. The molecule has 1 amide bonds. The number of primary amides is 1. The number of carboxylic acids is 1. The van der Waals surface area contributed by atoms with E-state index in [1.807, 2.05) is 0 Å². The molecule has 0 radical (unpaired) electrons. The lowest BCUT2D eigenvalue weighted by molar-refractivity contribution is -0.140. The fourth-order valence-corrected chi connectivity index (χ4v) is 2.57. The van der Waals surface area contributed by atoms with Crippen molar-refractivity contribution in [1.82, 2.24) is 4.72 Å². The van der Waals surface area contributed by atoms with Gasteiger partial charge in [-0.15, -0.1) is 0 Å². The third-order valence-corrected chi connectivity index (χ3v) is 3.69. The van der Waals surface area contributed by atoms with Crippen LogP contribution in [-0.4, -0.2) is 31.4 Å². The lowest BCUT2D eigenvalue weighted by atomic mass is 10.2. The summed E-state index contributed by atoms with van der Waals surface area (Å²) in [6, 6.07) is -0.183. The first-order chi connectivity index (χ1) is 9.13. The Hall–Kier alpha value is -2.07. The van der Waals surface area contributed by atoms with Gasteiger partial charge in [-0.05, 0) is 12.1 Å². The van der Waals surface area contributed by atoms with Crippen molar-refractivity contribution in [2.45, 2.75) is 17.4 Å². The summed E-state index contributed by atoms with van der Waals surface area (Å²) in [5, 5.41) is 8.76. The van der Waals surface area contributed by atoms with Crippen LogP contribution in [0.5, 0.6) is 0 Å². The minimum atomic E-state index is -4.58. The van der Waals surface area contributed by atoms with Crippen LogP contribution in [0.25, 0.3) is 0 Å². The van der Waals surface area contributed by atoms with Gasteiger partial charge in [-0.2, -0.15) is 4.72 Å². The molecular weight excluding hydrogens is 298 g/mol. The van der Waals surface area contributed by atoms with Gasteiger partial charge in [0.1, 0.15) is 22.6 Å². The third kappa shape index (κ3) is 3.96. The van der Waals surface area contributed by atoms with Crippen molar-refractivity contribution < 1.29 is 31.9 Å². The van der Waals surface area contributed by atoms with Gasteiger partial charge in [0.2, 0.25) is 15.9 Å². The first-order valence-electron chi connectivity index (χ1n) is 5.12. The number of nitrogens with one attached hydrogen (secondary N) is 1. The van der Waals surface area contributed by atoms with Crippen molar-refractivity contribution >= 4 is 21.9 Å². The van der Waals surface area contributed by atoms with E-state index in [0.29, 0.717) is 18.2 Å². The van der Waals surface area contributed by atoms with Gasteiger partial charge in [-0.1, -0.05) is 0 Å². The SMILES string of the molecule is NC(=O)C[C@H](NS(=O)(=O)c1ccc(F)cc1F)C(=O)O. The summed E-state index contributed by atoms with van der Waals surface area (Å²) in [5.41, 5.74) is 4.78. The van der Waals surface area contributed by atoms with Crippen LogP contribution in [0.1, 0.15) is 6.42 Å². The van der Waals surface area contributed by atoms with E-state index in [2.05, 4.69) is 0 Å². The molecule has 110 valence electrons. The highest BCUT2D eigenvalue weighted by Crippen LogP contribution is 2.16. The fraction of sp³-hybridized carbons (Fsp3) is 0.200. The molecule has 0 heterocycles. The van der Waals surface area contributed by atoms with Gasteiger partial charge < -0.3 is 10.8 Å². The first kappa shape index (κ1) is 16.0. The van der Waals surface area contributed by atoms with Gasteiger partial charge in [0.15, 0.2) is 0 Å².